The minimum absolute atomic E-state index is 0.130. The zero-order valence-electron chi connectivity index (χ0n) is 10.9. The van der Waals surface area contributed by atoms with Crippen LogP contribution in [0.1, 0.15) is 29.9 Å². The van der Waals surface area contributed by atoms with Gasteiger partial charge in [0.1, 0.15) is 6.61 Å². The molecule has 0 radical (unpaired) electrons. The van der Waals surface area contributed by atoms with Crippen LogP contribution in [0.25, 0.3) is 0 Å². The van der Waals surface area contributed by atoms with E-state index in [4.69, 9.17) is 4.74 Å². The average molecular weight is 270 g/mol. The summed E-state index contributed by atoms with van der Waals surface area (Å²) in [5.41, 5.74) is 1.84. The van der Waals surface area contributed by atoms with Crippen LogP contribution in [0.4, 0.5) is 5.69 Å². The Labute approximate surface area is 116 Å². The van der Waals surface area contributed by atoms with E-state index in [1.165, 1.54) is 6.07 Å². The summed E-state index contributed by atoms with van der Waals surface area (Å²) < 4.78 is 5.59. The van der Waals surface area contributed by atoms with Crippen molar-refractivity contribution in [3.05, 3.63) is 63.8 Å². The van der Waals surface area contributed by atoms with Gasteiger partial charge >= 0.3 is 0 Å². The van der Waals surface area contributed by atoms with E-state index in [2.05, 4.69) is 4.98 Å². The van der Waals surface area contributed by atoms with Crippen molar-refractivity contribution in [3.8, 4) is 5.88 Å². The quantitative estimate of drug-likeness (QED) is 0.616. The number of aromatic nitrogens is 1. The summed E-state index contributed by atoms with van der Waals surface area (Å²) in [4.78, 5) is 14.9. The number of hydrogen-bond acceptors (Lipinski definition) is 4. The van der Waals surface area contributed by atoms with E-state index in [1.54, 1.807) is 24.4 Å². The minimum atomic E-state index is -0.344. The molecule has 0 unspecified atom stereocenters. The summed E-state index contributed by atoms with van der Waals surface area (Å²) in [7, 11) is 0. The smallest absolute Gasteiger partial charge is 0.276 e. The fraction of sp³-hybridized carbons (Fsp3) is 0.267. The van der Waals surface area contributed by atoms with Gasteiger partial charge in [-0.3, -0.25) is 10.1 Å². The second-order valence-corrected chi connectivity index (χ2v) is 4.83. The standard InChI is InChI=1S/C15H14N2O3/c18-17(19)14-5-3-4-12(11-7-8-11)13(14)10-20-15-6-1-2-9-16-15/h1-6,9,11H,7-8,10H2. The molecule has 2 aromatic rings. The molecule has 0 amide bonds. The minimum Gasteiger partial charge on any atom is -0.473 e. The Morgan fingerprint density at radius 3 is 2.75 bits per heavy atom. The lowest BCUT2D eigenvalue weighted by Gasteiger charge is -2.10. The number of nitrogens with zero attached hydrogens (tertiary/aromatic N) is 2. The van der Waals surface area contributed by atoms with Crippen molar-refractivity contribution in [1.29, 1.82) is 0 Å². The van der Waals surface area contributed by atoms with Crippen LogP contribution in [0.15, 0.2) is 42.6 Å². The molecule has 1 aliphatic rings. The molecule has 0 N–H and O–H groups in total. The van der Waals surface area contributed by atoms with Gasteiger partial charge in [0.25, 0.3) is 5.69 Å². The summed E-state index contributed by atoms with van der Waals surface area (Å²) in [6.07, 6.45) is 3.83. The Morgan fingerprint density at radius 2 is 2.10 bits per heavy atom. The lowest BCUT2D eigenvalue weighted by molar-refractivity contribution is -0.385. The Bertz CT molecular complexity index is 624. The zero-order valence-corrected chi connectivity index (χ0v) is 10.9. The van der Waals surface area contributed by atoms with E-state index in [9.17, 15) is 10.1 Å². The molecule has 0 bridgehead atoms. The molecule has 5 heteroatoms. The fourth-order valence-corrected chi connectivity index (χ4v) is 2.28. The Morgan fingerprint density at radius 1 is 1.25 bits per heavy atom. The van der Waals surface area contributed by atoms with E-state index in [1.807, 2.05) is 12.1 Å². The lowest BCUT2D eigenvalue weighted by atomic mass is 10.0. The van der Waals surface area contributed by atoms with Crippen LogP contribution < -0.4 is 4.74 Å². The number of nitro groups is 1. The molecular formula is C15H14N2O3. The van der Waals surface area contributed by atoms with E-state index in [0.29, 0.717) is 17.4 Å². The second-order valence-electron chi connectivity index (χ2n) is 4.83. The molecule has 1 heterocycles. The van der Waals surface area contributed by atoms with Gasteiger partial charge in [0.2, 0.25) is 5.88 Å². The van der Waals surface area contributed by atoms with Gasteiger partial charge in [-0.05, 0) is 30.4 Å². The van der Waals surface area contributed by atoms with Crippen molar-refractivity contribution in [2.75, 3.05) is 0 Å². The summed E-state index contributed by atoms with van der Waals surface area (Å²) >= 11 is 0. The first kappa shape index (κ1) is 12.6. The first-order valence-electron chi connectivity index (χ1n) is 6.55. The molecule has 1 aromatic heterocycles. The summed E-state index contributed by atoms with van der Waals surface area (Å²) in [6, 6.07) is 10.6. The van der Waals surface area contributed by atoms with Crippen LogP contribution in [-0.2, 0) is 6.61 Å². The molecule has 20 heavy (non-hydrogen) atoms. The van der Waals surface area contributed by atoms with E-state index in [0.717, 1.165) is 18.4 Å². The van der Waals surface area contributed by atoms with Crippen molar-refractivity contribution in [3.63, 3.8) is 0 Å². The highest BCUT2D eigenvalue weighted by Crippen LogP contribution is 2.43. The third-order valence-electron chi connectivity index (χ3n) is 3.40. The molecule has 102 valence electrons. The third-order valence-corrected chi connectivity index (χ3v) is 3.40. The fourth-order valence-electron chi connectivity index (χ4n) is 2.28. The molecule has 1 fully saturated rings. The topological polar surface area (TPSA) is 65.3 Å². The van der Waals surface area contributed by atoms with Gasteiger partial charge in [-0.1, -0.05) is 18.2 Å². The SMILES string of the molecule is O=[N+]([O-])c1cccc(C2CC2)c1COc1ccccn1. The van der Waals surface area contributed by atoms with Crippen LogP contribution in [0, 0.1) is 10.1 Å². The van der Waals surface area contributed by atoms with Crippen molar-refractivity contribution in [2.24, 2.45) is 0 Å². The molecule has 1 aromatic carbocycles. The van der Waals surface area contributed by atoms with Crippen LogP contribution in [0.3, 0.4) is 0 Å². The van der Waals surface area contributed by atoms with E-state index < -0.39 is 0 Å². The Hall–Kier alpha value is -2.43. The number of pyridine rings is 1. The van der Waals surface area contributed by atoms with Gasteiger partial charge in [0.15, 0.2) is 0 Å². The van der Waals surface area contributed by atoms with Crippen molar-refractivity contribution >= 4 is 5.69 Å². The van der Waals surface area contributed by atoms with Gasteiger partial charge in [0, 0.05) is 18.3 Å². The van der Waals surface area contributed by atoms with Crippen molar-refractivity contribution < 1.29 is 9.66 Å². The van der Waals surface area contributed by atoms with E-state index in [-0.39, 0.29) is 17.2 Å². The number of ether oxygens (including phenoxy) is 1. The number of nitro benzene ring substituents is 1. The van der Waals surface area contributed by atoms with Crippen LogP contribution >= 0.6 is 0 Å². The highest BCUT2D eigenvalue weighted by atomic mass is 16.6. The van der Waals surface area contributed by atoms with Crippen LogP contribution in [0.2, 0.25) is 0 Å². The summed E-state index contributed by atoms with van der Waals surface area (Å²) in [5.74, 6) is 0.921. The maximum absolute atomic E-state index is 11.2. The molecular weight excluding hydrogens is 256 g/mol. The summed E-state index contributed by atoms with van der Waals surface area (Å²) in [5, 5.41) is 11.2. The Kier molecular flexibility index (Phi) is 3.33. The average Bonchev–Trinajstić information content (AvgIpc) is 3.30. The van der Waals surface area contributed by atoms with Gasteiger partial charge in [0.05, 0.1) is 10.5 Å². The van der Waals surface area contributed by atoms with E-state index >= 15 is 0 Å². The monoisotopic (exact) mass is 270 g/mol. The molecule has 0 saturated heterocycles. The first-order chi connectivity index (χ1) is 9.75. The normalized spacial score (nSPS) is 14.0. The maximum atomic E-state index is 11.2. The van der Waals surface area contributed by atoms with Gasteiger partial charge < -0.3 is 4.74 Å². The summed E-state index contributed by atoms with van der Waals surface area (Å²) in [6.45, 7) is 0.181. The predicted molar refractivity (Wildman–Crippen MR) is 73.6 cm³/mol. The second kappa shape index (κ2) is 5.28. The molecule has 0 atom stereocenters. The predicted octanol–water partition coefficient (Wildman–Crippen LogP) is 3.45. The number of hydrogen-bond donors (Lipinski definition) is 0. The molecule has 0 spiro atoms. The highest BCUT2D eigenvalue weighted by Gasteiger charge is 2.29. The first-order valence-corrected chi connectivity index (χ1v) is 6.55. The van der Waals surface area contributed by atoms with Gasteiger partial charge in [-0.25, -0.2) is 4.98 Å². The third kappa shape index (κ3) is 2.61. The number of rotatable bonds is 5. The highest BCUT2D eigenvalue weighted by molar-refractivity contribution is 5.48. The molecule has 3 rings (SSSR count). The molecule has 1 aliphatic carbocycles. The Balaban J connectivity index is 1.88. The zero-order chi connectivity index (χ0) is 13.9. The molecule has 5 nitrogen and oxygen atoms in total. The number of benzene rings is 1. The van der Waals surface area contributed by atoms with Crippen LogP contribution in [-0.4, -0.2) is 9.91 Å². The van der Waals surface area contributed by atoms with Crippen molar-refractivity contribution in [2.45, 2.75) is 25.4 Å². The molecule has 0 aliphatic heterocycles. The van der Waals surface area contributed by atoms with Crippen LogP contribution in [0.5, 0.6) is 5.88 Å². The van der Waals surface area contributed by atoms with Gasteiger partial charge in [-0.2, -0.15) is 0 Å². The largest absolute Gasteiger partial charge is 0.473 e. The lowest BCUT2D eigenvalue weighted by Crippen LogP contribution is -2.05. The molecule has 1 saturated carbocycles. The maximum Gasteiger partial charge on any atom is 0.276 e. The van der Waals surface area contributed by atoms with Gasteiger partial charge in [-0.15, -0.1) is 0 Å². The van der Waals surface area contributed by atoms with Crippen molar-refractivity contribution in [1.82, 2.24) is 4.98 Å².